The number of H-pyrrole nitrogens is 1. The van der Waals surface area contributed by atoms with Crippen molar-refractivity contribution in [3.8, 4) is 55.6 Å². The molecule has 0 aliphatic rings. The minimum atomic E-state index is 0.432. The summed E-state index contributed by atoms with van der Waals surface area (Å²) in [5, 5.41) is 31.5. The first-order chi connectivity index (χ1) is 20.8. The van der Waals surface area contributed by atoms with Crippen molar-refractivity contribution in [1.82, 2.24) is 60.5 Å². The zero-order chi connectivity index (χ0) is 27.6. The quantitative estimate of drug-likeness (QED) is 0.279. The van der Waals surface area contributed by atoms with Crippen molar-refractivity contribution in [2.24, 2.45) is 0 Å². The molecule has 0 atom stereocenters. The number of thiophene rings is 1. The monoisotopic (exact) mass is 590 g/mol. The Balaban J connectivity index is 1.48. The van der Waals surface area contributed by atoms with Crippen molar-refractivity contribution < 1.29 is 13.8 Å². The molecular formula is C25H10N12O3S2. The number of hydrogen-bond donors (Lipinski definition) is 1. The van der Waals surface area contributed by atoms with Gasteiger partial charge in [-0.2, -0.15) is 0 Å². The van der Waals surface area contributed by atoms with Gasteiger partial charge in [-0.1, -0.05) is 21.8 Å². The van der Waals surface area contributed by atoms with E-state index >= 15 is 0 Å². The minimum absolute atomic E-state index is 0.432. The third-order valence-corrected chi connectivity index (χ3v) is 8.45. The molecule has 0 aliphatic heterocycles. The summed E-state index contributed by atoms with van der Waals surface area (Å²) in [6.07, 6.45) is 6.29. The van der Waals surface area contributed by atoms with Crippen LogP contribution in [0.25, 0.3) is 87.9 Å². The van der Waals surface area contributed by atoms with Crippen LogP contribution in [0.3, 0.4) is 0 Å². The van der Waals surface area contributed by atoms with Gasteiger partial charge in [0.25, 0.3) is 0 Å². The molecule has 0 amide bonds. The number of aromatic nitrogens is 12. The second kappa shape index (κ2) is 8.85. The summed E-state index contributed by atoms with van der Waals surface area (Å²) >= 11 is 2.75. The normalized spacial score (nSPS) is 11.8. The Kier molecular flexibility index (Phi) is 4.83. The summed E-state index contributed by atoms with van der Waals surface area (Å²) in [6.45, 7) is 0. The van der Waals surface area contributed by atoms with E-state index in [1.54, 1.807) is 18.7 Å². The molecule has 9 aromatic rings. The second-order valence-electron chi connectivity index (χ2n) is 9.00. The Morgan fingerprint density at radius 3 is 2.71 bits per heavy atom. The van der Waals surface area contributed by atoms with E-state index in [-0.39, 0.29) is 0 Å². The number of aromatic amines is 1. The summed E-state index contributed by atoms with van der Waals surface area (Å²) in [6, 6.07) is 7.69. The van der Waals surface area contributed by atoms with Gasteiger partial charge in [0.1, 0.15) is 33.6 Å². The van der Waals surface area contributed by atoms with Crippen LogP contribution < -0.4 is 0 Å². The van der Waals surface area contributed by atoms with Crippen molar-refractivity contribution in [2.45, 2.75) is 0 Å². The van der Waals surface area contributed by atoms with Crippen molar-refractivity contribution in [2.75, 3.05) is 0 Å². The lowest BCUT2D eigenvalue weighted by Crippen LogP contribution is -1.97. The van der Waals surface area contributed by atoms with E-state index in [1.807, 2.05) is 29.6 Å². The van der Waals surface area contributed by atoms with Crippen molar-refractivity contribution >= 4 is 55.2 Å². The molecule has 0 saturated carbocycles. The Bertz CT molecular complexity index is 2370. The standard InChI is InChI=1S/C25H10N12O3S2/c1-2-10(22-12(3-1)33-40-35-22)23-20(13-6-29-39-34-13)21-17(42-23)4-11(24-26-5-14-25(30-24)28-9-27-14)18(15-7-38-36-31-15)19(21)16-8-41-37-32-16/h1-9H,(H,26,27,28,30). The molecule has 7 heterocycles. The van der Waals surface area contributed by atoms with Gasteiger partial charge in [0.05, 0.1) is 18.7 Å². The van der Waals surface area contributed by atoms with Crippen LogP contribution in [0.1, 0.15) is 0 Å². The first-order valence-corrected chi connectivity index (χ1v) is 13.8. The lowest BCUT2D eigenvalue weighted by molar-refractivity contribution is 0.308. The molecule has 15 nitrogen and oxygen atoms in total. The van der Waals surface area contributed by atoms with E-state index in [2.05, 4.69) is 55.5 Å². The largest absolute Gasteiger partial charge is 0.345 e. The molecule has 0 bridgehead atoms. The predicted octanol–water partition coefficient (Wildman–Crippen LogP) is 5.06. The molecular weight excluding hydrogens is 580 g/mol. The number of rotatable bonds is 5. The third-order valence-electron chi connectivity index (χ3n) is 6.78. The van der Waals surface area contributed by atoms with Crippen molar-refractivity contribution in [3.05, 3.63) is 54.6 Å². The van der Waals surface area contributed by atoms with Gasteiger partial charge >= 0.3 is 0 Å². The van der Waals surface area contributed by atoms with Gasteiger partial charge in [-0.25, -0.2) is 24.2 Å². The molecule has 200 valence electrons. The topological polar surface area (TPSA) is 197 Å². The maximum Gasteiger partial charge on any atom is 0.181 e. The maximum atomic E-state index is 5.21. The molecule has 0 saturated heterocycles. The first-order valence-electron chi connectivity index (χ1n) is 12.2. The van der Waals surface area contributed by atoms with Crippen LogP contribution >= 0.6 is 22.9 Å². The summed E-state index contributed by atoms with van der Waals surface area (Å²) in [4.78, 5) is 17.6. The predicted molar refractivity (Wildman–Crippen MR) is 149 cm³/mol. The second-order valence-corrected chi connectivity index (χ2v) is 10.7. The van der Waals surface area contributed by atoms with Gasteiger partial charge in [-0.3, -0.25) is 0 Å². The van der Waals surface area contributed by atoms with E-state index in [9.17, 15) is 0 Å². The third kappa shape index (κ3) is 3.34. The highest BCUT2D eigenvalue weighted by atomic mass is 32.1. The van der Waals surface area contributed by atoms with E-state index < -0.39 is 0 Å². The van der Waals surface area contributed by atoms with Gasteiger partial charge in [0.2, 0.25) is 0 Å². The molecule has 0 fully saturated rings. The molecule has 0 radical (unpaired) electrons. The Morgan fingerprint density at radius 1 is 0.857 bits per heavy atom. The summed E-state index contributed by atoms with van der Waals surface area (Å²) in [5.74, 6) is 0.432. The molecule has 0 spiro atoms. The van der Waals surface area contributed by atoms with Gasteiger partial charge in [0, 0.05) is 53.4 Å². The van der Waals surface area contributed by atoms with Crippen LogP contribution in [-0.2, 0) is 0 Å². The zero-order valence-electron chi connectivity index (χ0n) is 20.7. The van der Waals surface area contributed by atoms with Crippen LogP contribution in [-0.4, -0.2) is 60.5 Å². The Labute approximate surface area is 239 Å². The van der Waals surface area contributed by atoms with E-state index in [4.69, 9.17) is 18.8 Å². The van der Waals surface area contributed by atoms with E-state index in [0.717, 1.165) is 26.1 Å². The van der Waals surface area contributed by atoms with Gasteiger partial charge in [0.15, 0.2) is 17.7 Å². The first kappa shape index (κ1) is 22.9. The van der Waals surface area contributed by atoms with E-state index in [1.165, 1.54) is 29.1 Å². The molecule has 9 rings (SSSR count). The van der Waals surface area contributed by atoms with Crippen LogP contribution in [0.4, 0.5) is 0 Å². The maximum absolute atomic E-state index is 5.21. The van der Waals surface area contributed by atoms with Crippen LogP contribution in [0.15, 0.2) is 68.4 Å². The SMILES string of the molecule is c1cc(-c2sc3cc(-c4ncc5[nH]cnc5n4)c(-c4conn4)c(-c4csnn4)c3c2-c2cnon2)c2nonc2c1. The lowest BCUT2D eigenvalue weighted by atomic mass is 9.90. The van der Waals surface area contributed by atoms with Crippen molar-refractivity contribution in [1.29, 1.82) is 0 Å². The van der Waals surface area contributed by atoms with Crippen LogP contribution in [0.5, 0.6) is 0 Å². The summed E-state index contributed by atoms with van der Waals surface area (Å²) in [7, 11) is 0. The van der Waals surface area contributed by atoms with Gasteiger partial charge < -0.3 is 9.51 Å². The van der Waals surface area contributed by atoms with Crippen molar-refractivity contribution in [3.63, 3.8) is 0 Å². The number of nitrogens with zero attached hydrogens (tertiary/aromatic N) is 11. The molecule has 2 aromatic carbocycles. The Morgan fingerprint density at radius 2 is 1.86 bits per heavy atom. The fourth-order valence-corrected chi connectivity index (χ4v) is 6.80. The summed E-state index contributed by atoms with van der Waals surface area (Å²) < 4.78 is 20.4. The highest BCUT2D eigenvalue weighted by molar-refractivity contribution is 7.23. The molecule has 0 aliphatic carbocycles. The minimum Gasteiger partial charge on any atom is -0.345 e. The molecule has 0 unspecified atom stereocenters. The zero-order valence-corrected chi connectivity index (χ0v) is 22.3. The lowest BCUT2D eigenvalue weighted by Gasteiger charge is -2.13. The van der Waals surface area contributed by atoms with Crippen LogP contribution in [0, 0.1) is 0 Å². The number of benzene rings is 2. The van der Waals surface area contributed by atoms with Crippen LogP contribution in [0.2, 0.25) is 0 Å². The highest BCUT2D eigenvalue weighted by Gasteiger charge is 2.30. The van der Waals surface area contributed by atoms with Gasteiger partial charge in [-0.15, -0.1) is 21.5 Å². The molecule has 17 heteroatoms. The Hall–Kier alpha value is -5.81. The molecule has 7 aromatic heterocycles. The number of imidazole rings is 1. The van der Waals surface area contributed by atoms with E-state index in [0.29, 0.717) is 61.8 Å². The molecule has 1 N–H and O–H groups in total. The fourth-order valence-electron chi connectivity index (χ4n) is 5.07. The average molecular weight is 591 g/mol. The summed E-state index contributed by atoms with van der Waals surface area (Å²) in [5.41, 5.74) is 7.62. The fraction of sp³-hybridized carbons (Fsp3) is 0. The number of fused-ring (bicyclic) bond motifs is 3. The average Bonchev–Trinajstić information content (AvgIpc) is 3.87. The molecule has 42 heavy (non-hydrogen) atoms. The number of nitrogens with one attached hydrogen (secondary N) is 1. The smallest absolute Gasteiger partial charge is 0.181 e. The van der Waals surface area contributed by atoms with Gasteiger partial charge in [-0.05, 0) is 39.1 Å². The highest BCUT2D eigenvalue weighted by Crippen LogP contribution is 2.53. The number of hydrogen-bond acceptors (Lipinski definition) is 16.